The Bertz CT molecular complexity index is 1500. The molecule has 1 aromatic rings. The minimum absolute atomic E-state index is 0.0421. The quantitative estimate of drug-likeness (QED) is 0.132. The highest BCUT2D eigenvalue weighted by atomic mass is 16.7. The number of aldehydes is 1. The molecule has 5 rings (SSSR count). The van der Waals surface area contributed by atoms with E-state index in [1.807, 2.05) is 0 Å². The number of ketones is 4. The van der Waals surface area contributed by atoms with E-state index in [0.29, 0.717) is 0 Å². The molecule has 0 radical (unpaired) electrons. The van der Waals surface area contributed by atoms with Crippen molar-refractivity contribution in [3.05, 3.63) is 44.7 Å². The lowest BCUT2D eigenvalue weighted by molar-refractivity contribution is -0.247. The number of aromatic hydroxyl groups is 2. The first-order chi connectivity index (χ1) is 19.8. The number of benzene rings is 1. The summed E-state index contributed by atoms with van der Waals surface area (Å²) >= 11 is 0. The standard InChI is InChI=1S/C28H29NO13/c1-9-22(34)13(29)4-17(41-9)42-15-6-28(39,16(33)8-31)5-11-18(15)25(37)21-20(24(11)36)23(35)10-3-14(32)12(7-30)27(40-2)19(10)26(21)38/h7,9,13,15,17,22,31,34,36-37,39H,3-6,8,29H2,1-2H3/t9-,13-,15-,17-,22+,28-/m0/s1. The second kappa shape index (κ2) is 10.5. The van der Waals surface area contributed by atoms with Crippen LogP contribution in [0, 0.1) is 0 Å². The molecule has 6 atom stereocenters. The summed E-state index contributed by atoms with van der Waals surface area (Å²) in [4.78, 5) is 64.3. The first-order valence-corrected chi connectivity index (χ1v) is 13.1. The lowest BCUT2D eigenvalue weighted by Crippen LogP contribution is -2.53. The van der Waals surface area contributed by atoms with Gasteiger partial charge in [0.2, 0.25) is 5.78 Å². The van der Waals surface area contributed by atoms with Crippen molar-refractivity contribution in [3.63, 3.8) is 0 Å². The Morgan fingerprint density at radius 2 is 1.83 bits per heavy atom. The van der Waals surface area contributed by atoms with E-state index in [-0.39, 0.29) is 29.4 Å². The van der Waals surface area contributed by atoms with Gasteiger partial charge in [0.1, 0.15) is 35.0 Å². The molecule has 4 aliphatic rings. The van der Waals surface area contributed by atoms with Crippen molar-refractivity contribution in [1.82, 2.24) is 0 Å². The largest absolute Gasteiger partial charge is 0.507 e. The number of nitrogens with two attached hydrogens (primary N) is 1. The van der Waals surface area contributed by atoms with Gasteiger partial charge in [0.05, 0.1) is 42.1 Å². The number of rotatable bonds is 6. The minimum Gasteiger partial charge on any atom is -0.507 e. The van der Waals surface area contributed by atoms with Crippen LogP contribution in [0.1, 0.15) is 64.1 Å². The number of phenols is 2. The van der Waals surface area contributed by atoms with Crippen molar-refractivity contribution < 1.29 is 63.7 Å². The summed E-state index contributed by atoms with van der Waals surface area (Å²) in [7, 11) is 1.09. The lowest BCUT2D eigenvalue weighted by Gasteiger charge is -2.42. The summed E-state index contributed by atoms with van der Waals surface area (Å²) in [6.07, 6.45) is -6.10. The summed E-state index contributed by atoms with van der Waals surface area (Å²) in [5, 5.41) is 53.9. The van der Waals surface area contributed by atoms with E-state index < -0.39 is 125 Å². The van der Waals surface area contributed by atoms with Crippen LogP contribution in [0.5, 0.6) is 11.5 Å². The molecular formula is C28H29NO13. The first kappa shape index (κ1) is 29.7. The fourth-order valence-electron chi connectivity index (χ4n) is 6.15. The summed E-state index contributed by atoms with van der Waals surface area (Å²) in [6.45, 7) is 0.463. The average Bonchev–Trinajstić information content (AvgIpc) is 2.94. The molecule has 0 spiro atoms. The topological polar surface area (TPSA) is 240 Å². The van der Waals surface area contributed by atoms with E-state index in [0.717, 1.165) is 7.11 Å². The van der Waals surface area contributed by atoms with E-state index in [1.165, 1.54) is 0 Å². The van der Waals surface area contributed by atoms with Gasteiger partial charge in [-0.25, -0.2) is 0 Å². The molecule has 1 heterocycles. The second-order valence-corrected chi connectivity index (χ2v) is 10.8. The fourth-order valence-corrected chi connectivity index (χ4v) is 6.15. The van der Waals surface area contributed by atoms with Crippen LogP contribution in [0.15, 0.2) is 22.5 Å². The molecule has 7 N–H and O–H groups in total. The Hall–Kier alpha value is -3.79. The van der Waals surface area contributed by atoms with Crippen molar-refractivity contribution in [1.29, 1.82) is 0 Å². The summed E-state index contributed by atoms with van der Waals surface area (Å²) in [5.74, 6) is -5.96. The maximum absolute atomic E-state index is 13.8. The molecule has 0 amide bonds. The SMILES string of the molecule is COC1=C(C=O)C(=O)CC2=C1C(=O)c1c(O)c3c(c(O)c1C2=O)C[C@@](O)(C(=O)CO)C[C@@H]3O[C@H]1C[C@H](N)[C@H](O)[C@H](C)O1. The Balaban J connectivity index is 1.70. The molecule has 14 nitrogen and oxygen atoms in total. The highest BCUT2D eigenvalue weighted by Crippen LogP contribution is 2.53. The van der Waals surface area contributed by atoms with Crippen LogP contribution >= 0.6 is 0 Å². The highest BCUT2D eigenvalue weighted by molar-refractivity contribution is 6.34. The zero-order valence-corrected chi connectivity index (χ0v) is 22.6. The van der Waals surface area contributed by atoms with Crippen LogP contribution in [0.4, 0.5) is 0 Å². The zero-order chi connectivity index (χ0) is 30.8. The number of allylic oxidation sites excluding steroid dienone is 3. The van der Waals surface area contributed by atoms with Crippen LogP contribution in [0.25, 0.3) is 0 Å². The van der Waals surface area contributed by atoms with Crippen LogP contribution in [-0.2, 0) is 35.0 Å². The third-order valence-corrected chi connectivity index (χ3v) is 8.32. The number of Topliss-reactive ketones (excluding diaryl/α,β-unsaturated/α-hetero) is 4. The average molecular weight is 588 g/mol. The van der Waals surface area contributed by atoms with Gasteiger partial charge in [-0.15, -0.1) is 0 Å². The molecule has 3 aliphatic carbocycles. The van der Waals surface area contributed by atoms with E-state index in [4.69, 9.17) is 19.9 Å². The fraction of sp³-hybridized carbons (Fsp3) is 0.464. The Morgan fingerprint density at radius 3 is 2.43 bits per heavy atom. The van der Waals surface area contributed by atoms with Gasteiger partial charge in [-0.05, 0) is 6.92 Å². The zero-order valence-electron chi connectivity index (χ0n) is 22.6. The predicted octanol–water partition coefficient (Wildman–Crippen LogP) is -1.03. The predicted molar refractivity (Wildman–Crippen MR) is 137 cm³/mol. The Labute approximate surface area is 238 Å². The van der Waals surface area contributed by atoms with Gasteiger partial charge < -0.3 is 45.5 Å². The molecule has 1 aliphatic heterocycles. The smallest absolute Gasteiger partial charge is 0.201 e. The third-order valence-electron chi connectivity index (χ3n) is 8.32. The summed E-state index contributed by atoms with van der Waals surface area (Å²) < 4.78 is 16.8. The van der Waals surface area contributed by atoms with E-state index in [9.17, 15) is 49.5 Å². The van der Waals surface area contributed by atoms with Crippen molar-refractivity contribution in [3.8, 4) is 11.5 Å². The molecule has 1 saturated heterocycles. The van der Waals surface area contributed by atoms with Gasteiger partial charge in [-0.2, -0.15) is 0 Å². The van der Waals surface area contributed by atoms with Crippen LogP contribution in [-0.4, -0.2) is 98.8 Å². The van der Waals surface area contributed by atoms with E-state index >= 15 is 0 Å². The summed E-state index contributed by atoms with van der Waals surface area (Å²) in [6, 6.07) is -0.782. The number of hydrogen-bond donors (Lipinski definition) is 6. The van der Waals surface area contributed by atoms with Gasteiger partial charge in [0, 0.05) is 48.4 Å². The number of fused-ring (bicyclic) bond motifs is 2. The minimum atomic E-state index is -2.33. The molecule has 1 aromatic carbocycles. The van der Waals surface area contributed by atoms with Crippen LogP contribution in [0.3, 0.4) is 0 Å². The molecule has 0 bridgehead atoms. The number of methoxy groups -OCH3 is 1. The molecule has 0 saturated carbocycles. The van der Waals surface area contributed by atoms with Gasteiger partial charge in [-0.1, -0.05) is 0 Å². The maximum Gasteiger partial charge on any atom is 0.201 e. The molecule has 14 heteroatoms. The number of hydrogen-bond acceptors (Lipinski definition) is 14. The number of aliphatic hydroxyl groups excluding tert-OH is 2. The lowest BCUT2D eigenvalue weighted by atomic mass is 9.70. The number of carbonyl (C=O) groups excluding carboxylic acids is 5. The number of carbonyl (C=O) groups is 5. The van der Waals surface area contributed by atoms with E-state index in [1.54, 1.807) is 6.92 Å². The normalized spacial score (nSPS) is 31.0. The molecule has 0 unspecified atom stereocenters. The summed E-state index contributed by atoms with van der Waals surface area (Å²) in [5.41, 5.74) is 0.557. The molecule has 224 valence electrons. The van der Waals surface area contributed by atoms with Crippen molar-refractivity contribution in [2.75, 3.05) is 13.7 Å². The monoisotopic (exact) mass is 587 g/mol. The van der Waals surface area contributed by atoms with Gasteiger partial charge >= 0.3 is 0 Å². The highest BCUT2D eigenvalue weighted by Gasteiger charge is 2.51. The number of aliphatic hydroxyl groups is 3. The van der Waals surface area contributed by atoms with Crippen molar-refractivity contribution >= 4 is 29.4 Å². The number of phenolic OH excluding ortho intramolecular Hbond substituents is 2. The Morgan fingerprint density at radius 1 is 1.17 bits per heavy atom. The third kappa shape index (κ3) is 4.30. The van der Waals surface area contributed by atoms with Crippen molar-refractivity contribution in [2.45, 2.75) is 68.9 Å². The van der Waals surface area contributed by atoms with Gasteiger partial charge in [0.25, 0.3) is 0 Å². The second-order valence-electron chi connectivity index (χ2n) is 10.8. The molecule has 42 heavy (non-hydrogen) atoms. The van der Waals surface area contributed by atoms with Gasteiger partial charge in [-0.3, -0.25) is 24.0 Å². The van der Waals surface area contributed by atoms with Crippen LogP contribution < -0.4 is 5.73 Å². The van der Waals surface area contributed by atoms with E-state index in [2.05, 4.69) is 0 Å². The Kier molecular flexibility index (Phi) is 7.41. The van der Waals surface area contributed by atoms with Gasteiger partial charge in [0.15, 0.2) is 29.9 Å². The first-order valence-electron chi connectivity index (χ1n) is 13.1. The molecular weight excluding hydrogens is 558 g/mol. The van der Waals surface area contributed by atoms with Crippen LogP contribution in [0.2, 0.25) is 0 Å². The molecule has 0 aromatic heterocycles. The maximum atomic E-state index is 13.8. The molecule has 1 fully saturated rings. The van der Waals surface area contributed by atoms with Crippen molar-refractivity contribution in [2.24, 2.45) is 5.73 Å². The number of ether oxygens (including phenoxy) is 3.